The predicted octanol–water partition coefficient (Wildman–Crippen LogP) is 2.24. The van der Waals surface area contributed by atoms with Gasteiger partial charge in [-0.05, 0) is 25.2 Å². The maximum Gasteiger partial charge on any atom is 0.0897 e. The molecule has 1 fully saturated rings. The summed E-state index contributed by atoms with van der Waals surface area (Å²) in [6, 6.07) is 2.27. The number of nitriles is 1. The molecule has 0 atom stereocenters. The zero-order valence-corrected chi connectivity index (χ0v) is 9.73. The van der Waals surface area contributed by atoms with Crippen molar-refractivity contribution in [2.75, 3.05) is 6.54 Å². The third-order valence-corrected chi connectivity index (χ3v) is 3.71. The second-order valence-electron chi connectivity index (χ2n) is 4.30. The van der Waals surface area contributed by atoms with Gasteiger partial charge in [-0.2, -0.15) is 5.26 Å². The summed E-state index contributed by atoms with van der Waals surface area (Å²) in [7, 11) is 0. The van der Waals surface area contributed by atoms with Gasteiger partial charge in [-0.25, -0.2) is 4.98 Å². The number of hydrogen-bond donors (Lipinski definition) is 1. The molecule has 0 spiro atoms. The average molecular weight is 221 g/mol. The maximum atomic E-state index is 8.67. The Balaban J connectivity index is 1.74. The molecule has 0 aliphatic heterocycles. The van der Waals surface area contributed by atoms with Crippen LogP contribution in [0, 0.1) is 23.7 Å². The van der Waals surface area contributed by atoms with Gasteiger partial charge in [0.05, 0.1) is 16.8 Å². The van der Waals surface area contributed by atoms with E-state index in [0.29, 0.717) is 11.8 Å². The van der Waals surface area contributed by atoms with Crippen molar-refractivity contribution in [1.82, 2.24) is 10.3 Å². The molecule has 0 saturated heterocycles. The highest BCUT2D eigenvalue weighted by atomic mass is 32.1. The van der Waals surface area contributed by atoms with Crippen LogP contribution in [0.25, 0.3) is 0 Å². The molecule has 0 radical (unpaired) electrons. The van der Waals surface area contributed by atoms with Crippen molar-refractivity contribution in [3.63, 3.8) is 0 Å². The molecule has 1 aromatic rings. The number of hydrogen-bond acceptors (Lipinski definition) is 4. The van der Waals surface area contributed by atoms with Gasteiger partial charge in [-0.3, -0.25) is 0 Å². The van der Waals surface area contributed by atoms with Crippen LogP contribution in [0.3, 0.4) is 0 Å². The highest BCUT2D eigenvalue weighted by molar-refractivity contribution is 7.09. The zero-order chi connectivity index (χ0) is 10.7. The Bertz CT molecular complexity index is 373. The van der Waals surface area contributed by atoms with Gasteiger partial charge in [0.15, 0.2) is 0 Å². The van der Waals surface area contributed by atoms with Crippen molar-refractivity contribution in [3.05, 3.63) is 16.1 Å². The third-order valence-electron chi connectivity index (χ3n) is 2.88. The zero-order valence-electron chi connectivity index (χ0n) is 8.92. The summed E-state index contributed by atoms with van der Waals surface area (Å²) in [6.45, 7) is 3.81. The summed E-state index contributed by atoms with van der Waals surface area (Å²) in [5.74, 6) is 0. The summed E-state index contributed by atoms with van der Waals surface area (Å²) in [5, 5.41) is 15.3. The smallest absolute Gasteiger partial charge is 0.0897 e. The minimum Gasteiger partial charge on any atom is -0.311 e. The van der Waals surface area contributed by atoms with Crippen molar-refractivity contribution < 1.29 is 0 Å². The molecular formula is C11H15N3S. The Kier molecular flexibility index (Phi) is 3.03. The van der Waals surface area contributed by atoms with Gasteiger partial charge in [0.25, 0.3) is 0 Å². The lowest BCUT2D eigenvalue weighted by Crippen LogP contribution is -2.23. The van der Waals surface area contributed by atoms with E-state index in [-0.39, 0.29) is 0 Å². The fourth-order valence-electron chi connectivity index (χ4n) is 1.71. The molecule has 2 rings (SSSR count). The molecule has 80 valence electrons. The quantitative estimate of drug-likeness (QED) is 0.829. The van der Waals surface area contributed by atoms with Gasteiger partial charge in [0, 0.05) is 24.9 Å². The number of nitrogens with one attached hydrogen (secondary N) is 1. The van der Waals surface area contributed by atoms with Crippen molar-refractivity contribution in [2.24, 2.45) is 5.41 Å². The Hall–Kier alpha value is -0.920. The van der Waals surface area contributed by atoms with Crippen LogP contribution in [-0.4, -0.2) is 11.5 Å². The van der Waals surface area contributed by atoms with Crippen molar-refractivity contribution >= 4 is 11.3 Å². The molecule has 1 aromatic heterocycles. The molecule has 3 nitrogen and oxygen atoms in total. The molecular weight excluding hydrogens is 206 g/mol. The first-order valence-corrected chi connectivity index (χ1v) is 6.11. The monoisotopic (exact) mass is 221 g/mol. The molecule has 0 aromatic carbocycles. The van der Waals surface area contributed by atoms with Gasteiger partial charge in [0.1, 0.15) is 0 Å². The fraction of sp³-hybridized carbons (Fsp3) is 0.636. The van der Waals surface area contributed by atoms with Crippen LogP contribution >= 0.6 is 11.3 Å². The lowest BCUT2D eigenvalue weighted by Gasteiger charge is -2.10. The largest absolute Gasteiger partial charge is 0.311 e. The van der Waals surface area contributed by atoms with E-state index in [9.17, 15) is 0 Å². The summed E-state index contributed by atoms with van der Waals surface area (Å²) >= 11 is 1.68. The first-order valence-electron chi connectivity index (χ1n) is 5.23. The topological polar surface area (TPSA) is 48.7 Å². The summed E-state index contributed by atoms with van der Waals surface area (Å²) in [4.78, 5) is 4.39. The lowest BCUT2D eigenvalue weighted by molar-refractivity contribution is 0.465. The molecule has 1 heterocycles. The number of thiazole rings is 1. The molecule has 4 heteroatoms. The minimum absolute atomic E-state index is 0.291. The van der Waals surface area contributed by atoms with Gasteiger partial charge in [0.2, 0.25) is 0 Å². The fourth-order valence-corrected chi connectivity index (χ4v) is 2.32. The van der Waals surface area contributed by atoms with Gasteiger partial charge in [-0.15, -0.1) is 11.3 Å². The van der Waals surface area contributed by atoms with Crippen LogP contribution in [0.5, 0.6) is 0 Å². The molecule has 0 amide bonds. The van der Waals surface area contributed by atoms with Crippen LogP contribution in [0.2, 0.25) is 0 Å². The molecule has 1 N–H and O–H groups in total. The van der Waals surface area contributed by atoms with E-state index in [4.69, 9.17) is 5.26 Å². The van der Waals surface area contributed by atoms with E-state index < -0.39 is 0 Å². The van der Waals surface area contributed by atoms with E-state index in [0.717, 1.165) is 23.8 Å². The Morgan fingerprint density at radius 1 is 1.67 bits per heavy atom. The molecule has 1 aliphatic rings. The van der Waals surface area contributed by atoms with Crippen molar-refractivity contribution in [2.45, 2.75) is 32.7 Å². The van der Waals surface area contributed by atoms with Crippen LogP contribution in [0.4, 0.5) is 0 Å². The van der Waals surface area contributed by atoms with Crippen molar-refractivity contribution in [1.29, 1.82) is 5.26 Å². The van der Waals surface area contributed by atoms with Gasteiger partial charge in [-0.1, -0.05) is 0 Å². The van der Waals surface area contributed by atoms with Gasteiger partial charge < -0.3 is 5.32 Å². The molecule has 1 saturated carbocycles. The Morgan fingerprint density at radius 3 is 3.00 bits per heavy atom. The van der Waals surface area contributed by atoms with Crippen LogP contribution in [-0.2, 0) is 6.54 Å². The predicted molar refractivity (Wildman–Crippen MR) is 60.5 cm³/mol. The maximum absolute atomic E-state index is 8.67. The summed E-state index contributed by atoms with van der Waals surface area (Å²) in [5.41, 5.74) is 1.41. The van der Waals surface area contributed by atoms with Crippen molar-refractivity contribution in [3.8, 4) is 6.07 Å². The average Bonchev–Trinajstić information content (AvgIpc) is 2.83. The summed E-state index contributed by atoms with van der Waals surface area (Å²) in [6.07, 6.45) is 3.09. The number of aromatic nitrogens is 1. The molecule has 1 aliphatic carbocycles. The molecule has 15 heavy (non-hydrogen) atoms. The standard InChI is InChI=1S/C11H15N3S/c1-9-14-10(7-15-9)6-13-8-11(2-3-11)4-5-12/h7,13H,2-4,6,8H2,1H3. The number of aryl methyl sites for hydroxylation is 1. The lowest BCUT2D eigenvalue weighted by atomic mass is 10.0. The van der Waals surface area contributed by atoms with Crippen LogP contribution in [0.15, 0.2) is 5.38 Å². The highest BCUT2D eigenvalue weighted by Gasteiger charge is 2.41. The van der Waals surface area contributed by atoms with Gasteiger partial charge >= 0.3 is 0 Å². The Labute approximate surface area is 94.1 Å². The van der Waals surface area contributed by atoms with E-state index in [1.807, 2.05) is 6.92 Å². The highest BCUT2D eigenvalue weighted by Crippen LogP contribution is 2.47. The summed E-state index contributed by atoms with van der Waals surface area (Å²) < 4.78 is 0. The van der Waals surface area contributed by atoms with Crippen LogP contribution in [0.1, 0.15) is 30.0 Å². The van der Waals surface area contributed by atoms with E-state index in [2.05, 4.69) is 21.8 Å². The second-order valence-corrected chi connectivity index (χ2v) is 5.36. The molecule has 0 unspecified atom stereocenters. The third kappa shape index (κ3) is 2.77. The minimum atomic E-state index is 0.291. The number of rotatable bonds is 5. The SMILES string of the molecule is Cc1nc(CNCC2(CC#N)CC2)cs1. The first-order chi connectivity index (χ1) is 7.24. The molecule has 0 bridgehead atoms. The first kappa shape index (κ1) is 10.6. The van der Waals surface area contributed by atoms with E-state index in [1.165, 1.54) is 12.8 Å². The Morgan fingerprint density at radius 2 is 2.47 bits per heavy atom. The van der Waals surface area contributed by atoms with E-state index in [1.54, 1.807) is 11.3 Å². The van der Waals surface area contributed by atoms with E-state index >= 15 is 0 Å². The second kappa shape index (κ2) is 4.30. The number of nitrogens with zero attached hydrogens (tertiary/aromatic N) is 2. The van der Waals surface area contributed by atoms with Crippen LogP contribution < -0.4 is 5.32 Å². The normalized spacial score (nSPS) is 17.3.